The number of hydrogen-bond donors (Lipinski definition) is 2. The normalized spacial score (nSPS) is 17.3. The van der Waals surface area contributed by atoms with Gasteiger partial charge in [0.05, 0.1) is 11.8 Å². The van der Waals surface area contributed by atoms with Crippen LogP contribution in [0.25, 0.3) is 10.4 Å². The highest BCUT2D eigenvalue weighted by molar-refractivity contribution is 6.03. The molecule has 2 N–H and O–H groups in total. The monoisotopic (exact) mass is 489 g/mol. The van der Waals surface area contributed by atoms with Gasteiger partial charge in [-0.05, 0) is 102 Å². The van der Waals surface area contributed by atoms with E-state index in [0.717, 1.165) is 42.6 Å². The number of rotatable bonds is 9. The average molecular weight is 490 g/mol. The summed E-state index contributed by atoms with van der Waals surface area (Å²) in [6.07, 6.45) is 13.4. The molecule has 7 nitrogen and oxygen atoms in total. The standard InChI is InChI=1S/C29H39N5O2/c1-28(2,36-18-8-17-34(4)5)22-9-10-24(32-27(35)26-31-20-25(30-3)33-26)23(19-22)21-11-15-29(16-12-21)13-6-7-14-29/h9-11,19-20H,6-8,12-18H2,1-2,4-5H3,(H,31,33)(H,32,35). The van der Waals surface area contributed by atoms with E-state index in [2.05, 4.69) is 65.1 Å². The SMILES string of the molecule is [C-]#[N+]c1cnc(C(=O)Nc2ccc(C(C)(C)OCCCN(C)C)cc2C2=CCC3(CCCC3)CC2)[nH]1. The van der Waals surface area contributed by atoms with Crippen LogP contribution < -0.4 is 5.32 Å². The van der Waals surface area contributed by atoms with Crippen LogP contribution in [0.2, 0.25) is 0 Å². The van der Waals surface area contributed by atoms with Crippen LogP contribution in [-0.4, -0.2) is 48.0 Å². The van der Waals surface area contributed by atoms with E-state index in [-0.39, 0.29) is 17.5 Å². The van der Waals surface area contributed by atoms with Gasteiger partial charge in [0.25, 0.3) is 5.82 Å². The maximum absolute atomic E-state index is 12.9. The Morgan fingerprint density at radius 2 is 2.06 bits per heavy atom. The molecule has 7 heteroatoms. The Bertz CT molecular complexity index is 1150. The summed E-state index contributed by atoms with van der Waals surface area (Å²) in [6, 6.07) is 6.21. The summed E-state index contributed by atoms with van der Waals surface area (Å²) < 4.78 is 6.31. The van der Waals surface area contributed by atoms with E-state index in [9.17, 15) is 4.79 Å². The van der Waals surface area contributed by atoms with Gasteiger partial charge in [0.2, 0.25) is 5.82 Å². The molecule has 1 amide bonds. The van der Waals surface area contributed by atoms with Gasteiger partial charge in [-0.25, -0.2) is 4.98 Å². The van der Waals surface area contributed by atoms with E-state index >= 15 is 0 Å². The fourth-order valence-electron chi connectivity index (χ4n) is 5.52. The molecule has 2 aromatic rings. The zero-order chi connectivity index (χ0) is 25.8. The van der Waals surface area contributed by atoms with Crippen LogP contribution in [0, 0.1) is 12.0 Å². The van der Waals surface area contributed by atoms with E-state index in [1.165, 1.54) is 43.9 Å². The maximum Gasteiger partial charge on any atom is 0.314 e. The molecule has 0 unspecified atom stereocenters. The number of nitrogens with one attached hydrogen (secondary N) is 2. The molecule has 0 aliphatic heterocycles. The highest BCUT2D eigenvalue weighted by Gasteiger charge is 2.35. The van der Waals surface area contributed by atoms with E-state index in [0.29, 0.717) is 12.0 Å². The van der Waals surface area contributed by atoms with Gasteiger partial charge in [0, 0.05) is 17.9 Å². The van der Waals surface area contributed by atoms with Crippen molar-refractivity contribution in [2.24, 2.45) is 5.41 Å². The van der Waals surface area contributed by atoms with Crippen LogP contribution >= 0.6 is 0 Å². The van der Waals surface area contributed by atoms with Crippen LogP contribution in [0.5, 0.6) is 0 Å². The molecule has 0 saturated heterocycles. The van der Waals surface area contributed by atoms with Crippen LogP contribution in [0.1, 0.15) is 87.0 Å². The second-order valence-electron chi connectivity index (χ2n) is 11.1. The molecule has 0 bridgehead atoms. The fraction of sp³-hybridized carbons (Fsp3) is 0.552. The summed E-state index contributed by atoms with van der Waals surface area (Å²) in [4.78, 5) is 25.3. The lowest BCUT2D eigenvalue weighted by atomic mass is 9.72. The summed E-state index contributed by atoms with van der Waals surface area (Å²) in [5.41, 5.74) is 4.23. The molecule has 2 aliphatic rings. The number of allylic oxidation sites excluding steroid dienone is 2. The number of nitrogens with zero attached hydrogens (tertiary/aromatic N) is 3. The minimum Gasteiger partial charge on any atom is -0.371 e. The average Bonchev–Trinajstić information content (AvgIpc) is 3.53. The topological polar surface area (TPSA) is 74.6 Å². The van der Waals surface area contributed by atoms with Crippen molar-refractivity contribution in [2.45, 2.75) is 70.8 Å². The van der Waals surface area contributed by atoms with E-state index in [4.69, 9.17) is 11.3 Å². The molecule has 1 saturated carbocycles. The minimum absolute atomic E-state index is 0.142. The predicted molar refractivity (Wildman–Crippen MR) is 144 cm³/mol. The number of carbonyl (C=O) groups is 1. The Labute approximate surface area is 215 Å². The number of anilines is 1. The van der Waals surface area contributed by atoms with Gasteiger partial charge in [0.15, 0.2) is 0 Å². The first-order chi connectivity index (χ1) is 17.2. The zero-order valence-corrected chi connectivity index (χ0v) is 22.1. The Morgan fingerprint density at radius 3 is 2.69 bits per heavy atom. The lowest BCUT2D eigenvalue weighted by Crippen LogP contribution is -2.25. The molecule has 1 aromatic heterocycles. The van der Waals surface area contributed by atoms with Crippen molar-refractivity contribution in [3.8, 4) is 0 Å². The summed E-state index contributed by atoms with van der Waals surface area (Å²) in [7, 11) is 4.15. The largest absolute Gasteiger partial charge is 0.371 e. The Kier molecular flexibility index (Phi) is 7.97. The molecule has 0 radical (unpaired) electrons. The molecular weight excluding hydrogens is 450 g/mol. The van der Waals surface area contributed by atoms with Gasteiger partial charge in [-0.1, -0.05) is 31.6 Å². The third-order valence-electron chi connectivity index (χ3n) is 7.79. The van der Waals surface area contributed by atoms with Crippen molar-refractivity contribution in [1.82, 2.24) is 14.9 Å². The lowest BCUT2D eigenvalue weighted by molar-refractivity contribution is -0.0243. The Morgan fingerprint density at radius 1 is 1.28 bits per heavy atom. The van der Waals surface area contributed by atoms with Gasteiger partial charge in [-0.15, -0.1) is 0 Å². The van der Waals surface area contributed by atoms with Crippen LogP contribution in [0.4, 0.5) is 11.5 Å². The highest BCUT2D eigenvalue weighted by atomic mass is 16.5. The lowest BCUT2D eigenvalue weighted by Gasteiger charge is -2.33. The number of aromatic nitrogens is 2. The van der Waals surface area contributed by atoms with Crippen LogP contribution in [0.15, 0.2) is 30.5 Å². The number of amides is 1. The molecule has 0 atom stereocenters. The fourth-order valence-corrected chi connectivity index (χ4v) is 5.52. The summed E-state index contributed by atoms with van der Waals surface area (Å²) in [5.74, 6) is 0.0469. The summed E-state index contributed by atoms with van der Waals surface area (Å²) in [5, 5.41) is 3.04. The molecule has 2 aliphatic carbocycles. The number of ether oxygens (including phenoxy) is 1. The van der Waals surface area contributed by atoms with Crippen molar-refractivity contribution in [3.05, 3.63) is 58.8 Å². The third-order valence-corrected chi connectivity index (χ3v) is 7.79. The van der Waals surface area contributed by atoms with E-state index in [1.807, 2.05) is 12.1 Å². The third kappa shape index (κ3) is 6.05. The molecule has 192 valence electrons. The van der Waals surface area contributed by atoms with Crippen molar-refractivity contribution in [3.63, 3.8) is 0 Å². The molecule has 1 spiro atoms. The predicted octanol–water partition coefficient (Wildman–Crippen LogP) is 6.54. The van der Waals surface area contributed by atoms with Crippen molar-refractivity contribution in [1.29, 1.82) is 0 Å². The number of imidazole rings is 1. The number of benzene rings is 1. The van der Waals surface area contributed by atoms with Crippen molar-refractivity contribution >= 4 is 23.0 Å². The van der Waals surface area contributed by atoms with Crippen LogP contribution in [-0.2, 0) is 10.3 Å². The van der Waals surface area contributed by atoms with Gasteiger partial charge in [-0.2, -0.15) is 0 Å². The summed E-state index contributed by atoms with van der Waals surface area (Å²) >= 11 is 0. The van der Waals surface area contributed by atoms with Crippen molar-refractivity contribution < 1.29 is 9.53 Å². The second kappa shape index (κ2) is 11.0. The first kappa shape index (κ1) is 26.1. The molecule has 4 rings (SSSR count). The second-order valence-corrected chi connectivity index (χ2v) is 11.1. The van der Waals surface area contributed by atoms with E-state index in [1.54, 1.807) is 0 Å². The Hall–Kier alpha value is -2.95. The summed E-state index contributed by atoms with van der Waals surface area (Å²) in [6.45, 7) is 13.0. The Balaban J connectivity index is 1.60. The molecule has 1 aromatic carbocycles. The quantitative estimate of drug-likeness (QED) is 0.310. The molecule has 1 fully saturated rings. The minimum atomic E-state index is -0.447. The first-order valence-electron chi connectivity index (χ1n) is 13.1. The molecule has 1 heterocycles. The molecule has 36 heavy (non-hydrogen) atoms. The van der Waals surface area contributed by atoms with Gasteiger partial charge < -0.3 is 19.8 Å². The van der Waals surface area contributed by atoms with E-state index < -0.39 is 5.60 Å². The number of H-pyrrole nitrogens is 1. The number of carbonyl (C=O) groups excluding carboxylic acids is 1. The van der Waals surface area contributed by atoms with Crippen molar-refractivity contribution in [2.75, 3.05) is 32.6 Å². The van der Waals surface area contributed by atoms with Crippen LogP contribution in [0.3, 0.4) is 0 Å². The maximum atomic E-state index is 12.9. The van der Waals surface area contributed by atoms with Gasteiger partial charge in [-0.3, -0.25) is 9.78 Å². The smallest absolute Gasteiger partial charge is 0.314 e. The highest BCUT2D eigenvalue weighted by Crippen LogP contribution is 2.50. The number of hydrogen-bond acceptors (Lipinski definition) is 4. The first-order valence-corrected chi connectivity index (χ1v) is 13.1. The molecular formula is C29H39N5O2. The number of aromatic amines is 1. The van der Waals surface area contributed by atoms with Gasteiger partial charge in [0.1, 0.15) is 0 Å². The van der Waals surface area contributed by atoms with Gasteiger partial charge >= 0.3 is 5.91 Å². The zero-order valence-electron chi connectivity index (χ0n) is 22.1.